The molecule has 0 aliphatic rings. The molecular weight excluding hydrogens is 210 g/mol. The average Bonchev–Trinajstić information content (AvgIpc) is 2.22. The molecule has 0 aliphatic carbocycles. The van der Waals surface area contributed by atoms with Gasteiger partial charge in [0.2, 0.25) is 0 Å². The molecule has 0 amide bonds. The first kappa shape index (κ1) is 15.3. The lowest BCUT2D eigenvalue weighted by Crippen LogP contribution is -2.34. The van der Waals surface area contributed by atoms with Crippen LogP contribution in [0.15, 0.2) is 0 Å². The fourth-order valence-electron chi connectivity index (χ4n) is 1.16. The van der Waals surface area contributed by atoms with E-state index in [9.17, 15) is 4.79 Å². The molecule has 0 spiro atoms. The summed E-state index contributed by atoms with van der Waals surface area (Å²) in [6, 6.07) is -0.560. The van der Waals surface area contributed by atoms with Crippen LogP contribution in [0.5, 0.6) is 0 Å². The number of hydrogen-bond acceptors (Lipinski definition) is 5. The van der Waals surface area contributed by atoms with Gasteiger partial charge in [0.15, 0.2) is 0 Å². The van der Waals surface area contributed by atoms with Crippen LogP contribution in [0.3, 0.4) is 0 Å². The van der Waals surface area contributed by atoms with Gasteiger partial charge < -0.3 is 20.3 Å². The second-order valence-electron chi connectivity index (χ2n) is 4.27. The van der Waals surface area contributed by atoms with Gasteiger partial charge in [-0.2, -0.15) is 0 Å². The zero-order valence-electron chi connectivity index (χ0n) is 10.3. The summed E-state index contributed by atoms with van der Waals surface area (Å²) in [6.07, 6.45) is 0.384. The van der Waals surface area contributed by atoms with Crippen molar-refractivity contribution < 1.29 is 19.4 Å². The minimum Gasteiger partial charge on any atom is -0.462 e. The summed E-state index contributed by atoms with van der Waals surface area (Å²) in [5.74, 6) is -0.0258. The van der Waals surface area contributed by atoms with E-state index in [-0.39, 0.29) is 25.9 Å². The van der Waals surface area contributed by atoms with Crippen LogP contribution in [0.25, 0.3) is 0 Å². The second-order valence-corrected chi connectivity index (χ2v) is 4.27. The Labute approximate surface area is 96.9 Å². The zero-order valence-corrected chi connectivity index (χ0v) is 10.3. The number of ether oxygens (including phenoxy) is 2. The quantitative estimate of drug-likeness (QED) is 0.465. The van der Waals surface area contributed by atoms with Gasteiger partial charge in [-0.05, 0) is 19.3 Å². The second kappa shape index (κ2) is 8.50. The molecule has 16 heavy (non-hydrogen) atoms. The summed E-state index contributed by atoms with van der Waals surface area (Å²) < 4.78 is 10.1. The maximum atomic E-state index is 11.3. The summed E-state index contributed by atoms with van der Waals surface area (Å²) in [5, 5.41) is 8.68. The van der Waals surface area contributed by atoms with Crippen molar-refractivity contribution in [3.63, 3.8) is 0 Å². The number of rotatable bonds is 8. The first-order valence-electron chi connectivity index (χ1n) is 5.62. The SMILES string of the molecule is CC(C)CC(N)C(=O)OCCOC(C)CO. The molecule has 0 rings (SSSR count). The van der Waals surface area contributed by atoms with Gasteiger partial charge in [0.25, 0.3) is 0 Å². The summed E-state index contributed by atoms with van der Waals surface area (Å²) >= 11 is 0. The molecule has 0 aromatic carbocycles. The van der Waals surface area contributed by atoms with E-state index in [4.69, 9.17) is 20.3 Å². The van der Waals surface area contributed by atoms with E-state index in [0.29, 0.717) is 12.3 Å². The standard InChI is InChI=1S/C11H23NO4/c1-8(2)6-10(12)11(14)16-5-4-15-9(3)7-13/h8-10,13H,4-7,12H2,1-3H3. The third-order valence-corrected chi connectivity index (χ3v) is 2.02. The van der Waals surface area contributed by atoms with Crippen molar-refractivity contribution in [3.05, 3.63) is 0 Å². The molecule has 2 unspecified atom stereocenters. The van der Waals surface area contributed by atoms with Crippen molar-refractivity contribution in [1.29, 1.82) is 0 Å². The molecule has 96 valence electrons. The molecule has 0 aromatic rings. The van der Waals surface area contributed by atoms with Crippen LogP contribution in [0.4, 0.5) is 0 Å². The Morgan fingerprint density at radius 2 is 1.94 bits per heavy atom. The summed E-state index contributed by atoms with van der Waals surface area (Å²) in [4.78, 5) is 11.3. The molecule has 5 nitrogen and oxygen atoms in total. The minimum absolute atomic E-state index is 0.0409. The lowest BCUT2D eigenvalue weighted by Gasteiger charge is -2.14. The fourth-order valence-corrected chi connectivity index (χ4v) is 1.16. The van der Waals surface area contributed by atoms with Crippen molar-refractivity contribution in [3.8, 4) is 0 Å². The molecule has 0 saturated heterocycles. The van der Waals surface area contributed by atoms with Gasteiger partial charge in [0.1, 0.15) is 12.6 Å². The van der Waals surface area contributed by atoms with Gasteiger partial charge in [0, 0.05) is 0 Å². The third kappa shape index (κ3) is 7.62. The Hall–Kier alpha value is -0.650. The molecule has 3 N–H and O–H groups in total. The molecule has 0 heterocycles. The maximum Gasteiger partial charge on any atom is 0.322 e. The molecule has 2 atom stereocenters. The number of aliphatic hydroxyl groups is 1. The van der Waals surface area contributed by atoms with E-state index in [1.54, 1.807) is 6.92 Å². The van der Waals surface area contributed by atoms with Crippen molar-refractivity contribution >= 4 is 5.97 Å². The molecule has 0 radical (unpaired) electrons. The highest BCUT2D eigenvalue weighted by molar-refractivity contribution is 5.75. The van der Waals surface area contributed by atoms with Crippen LogP contribution >= 0.6 is 0 Å². The zero-order chi connectivity index (χ0) is 12.6. The smallest absolute Gasteiger partial charge is 0.322 e. The largest absolute Gasteiger partial charge is 0.462 e. The molecule has 0 fully saturated rings. The predicted octanol–water partition coefficient (Wildman–Crippen LogP) is 0.300. The summed E-state index contributed by atoms with van der Waals surface area (Å²) in [6.45, 7) is 6.16. The van der Waals surface area contributed by atoms with Crippen LogP contribution in [-0.2, 0) is 14.3 Å². The number of aliphatic hydroxyl groups excluding tert-OH is 1. The normalized spacial score (nSPS) is 14.9. The number of hydrogen-bond donors (Lipinski definition) is 2. The highest BCUT2D eigenvalue weighted by Gasteiger charge is 2.16. The van der Waals surface area contributed by atoms with Gasteiger partial charge in [-0.3, -0.25) is 4.79 Å². The molecule has 5 heteroatoms. The molecule has 0 saturated carbocycles. The van der Waals surface area contributed by atoms with Crippen LogP contribution in [0, 0.1) is 5.92 Å². The summed E-state index contributed by atoms with van der Waals surface area (Å²) in [7, 11) is 0. The molecule has 0 bridgehead atoms. The predicted molar refractivity (Wildman–Crippen MR) is 60.9 cm³/mol. The average molecular weight is 233 g/mol. The monoisotopic (exact) mass is 233 g/mol. The Kier molecular flexibility index (Phi) is 8.15. The highest BCUT2D eigenvalue weighted by atomic mass is 16.6. The Bertz CT molecular complexity index is 196. The van der Waals surface area contributed by atoms with Gasteiger partial charge in [-0.15, -0.1) is 0 Å². The van der Waals surface area contributed by atoms with Crippen molar-refractivity contribution in [1.82, 2.24) is 0 Å². The van der Waals surface area contributed by atoms with E-state index in [2.05, 4.69) is 0 Å². The number of carbonyl (C=O) groups excluding carboxylic acids is 1. The van der Waals surface area contributed by atoms with Crippen LogP contribution < -0.4 is 5.73 Å². The maximum absolute atomic E-state index is 11.3. The Morgan fingerprint density at radius 3 is 2.44 bits per heavy atom. The van der Waals surface area contributed by atoms with E-state index in [1.807, 2.05) is 13.8 Å². The van der Waals surface area contributed by atoms with E-state index < -0.39 is 12.0 Å². The van der Waals surface area contributed by atoms with Crippen LogP contribution in [-0.4, -0.2) is 43.0 Å². The first-order chi connectivity index (χ1) is 7.47. The van der Waals surface area contributed by atoms with Gasteiger partial charge in [-0.25, -0.2) is 0 Å². The third-order valence-electron chi connectivity index (χ3n) is 2.02. The lowest BCUT2D eigenvalue weighted by molar-refractivity contribution is -0.147. The van der Waals surface area contributed by atoms with Gasteiger partial charge in [0.05, 0.1) is 19.3 Å². The van der Waals surface area contributed by atoms with Gasteiger partial charge >= 0.3 is 5.97 Å². The number of esters is 1. The molecule has 0 aliphatic heterocycles. The minimum atomic E-state index is -0.560. The van der Waals surface area contributed by atoms with Gasteiger partial charge in [-0.1, -0.05) is 13.8 Å². The first-order valence-corrected chi connectivity index (χ1v) is 5.62. The topological polar surface area (TPSA) is 81.8 Å². The fraction of sp³-hybridized carbons (Fsp3) is 0.909. The Morgan fingerprint density at radius 1 is 1.31 bits per heavy atom. The molecule has 0 aromatic heterocycles. The number of carbonyl (C=O) groups is 1. The van der Waals surface area contributed by atoms with Crippen molar-refractivity contribution in [2.75, 3.05) is 19.8 Å². The lowest BCUT2D eigenvalue weighted by atomic mass is 10.1. The van der Waals surface area contributed by atoms with E-state index >= 15 is 0 Å². The Balaban J connectivity index is 3.57. The van der Waals surface area contributed by atoms with E-state index in [1.165, 1.54) is 0 Å². The van der Waals surface area contributed by atoms with Crippen LogP contribution in [0.2, 0.25) is 0 Å². The van der Waals surface area contributed by atoms with Crippen LogP contribution in [0.1, 0.15) is 27.2 Å². The molecular formula is C11H23NO4. The highest BCUT2D eigenvalue weighted by Crippen LogP contribution is 2.03. The van der Waals surface area contributed by atoms with Crippen molar-refractivity contribution in [2.24, 2.45) is 11.7 Å². The van der Waals surface area contributed by atoms with Crippen molar-refractivity contribution in [2.45, 2.75) is 39.3 Å². The van der Waals surface area contributed by atoms with E-state index in [0.717, 1.165) is 0 Å². The summed E-state index contributed by atoms with van der Waals surface area (Å²) in [5.41, 5.74) is 5.63. The number of nitrogens with two attached hydrogens (primary N) is 1.